The minimum atomic E-state index is -0.740. The molecular weight excluding hydrogens is 560 g/mol. The van der Waals surface area contributed by atoms with Gasteiger partial charge in [0.05, 0.1) is 31.5 Å². The lowest BCUT2D eigenvalue weighted by molar-refractivity contribution is -0.142. The molecule has 3 rings (SSSR count). The van der Waals surface area contributed by atoms with Crippen molar-refractivity contribution in [1.29, 1.82) is 0 Å². The number of fused-ring (bicyclic) bond motifs is 3. The zero-order valence-corrected chi connectivity index (χ0v) is 27.2. The van der Waals surface area contributed by atoms with E-state index >= 15 is 0 Å². The summed E-state index contributed by atoms with van der Waals surface area (Å²) in [6, 6.07) is 5.23. The zero-order valence-electron chi connectivity index (χ0n) is 27.2. The van der Waals surface area contributed by atoms with Gasteiger partial charge < -0.3 is 30.2 Å². The van der Waals surface area contributed by atoms with Gasteiger partial charge in [0, 0.05) is 17.4 Å². The Bertz CT molecular complexity index is 1320. The lowest BCUT2D eigenvalue weighted by Crippen LogP contribution is -2.51. The third kappa shape index (κ3) is 9.86. The molecule has 0 fully saturated rings. The van der Waals surface area contributed by atoms with E-state index in [1.165, 1.54) is 6.20 Å². The highest BCUT2D eigenvalue weighted by Gasteiger charge is 2.33. The normalized spacial score (nSPS) is 15.8. The number of hydrogen-bond acceptors (Lipinski definition) is 7. The van der Waals surface area contributed by atoms with Crippen molar-refractivity contribution in [3.63, 3.8) is 0 Å². The van der Waals surface area contributed by atoms with Crippen molar-refractivity contribution < 1.29 is 28.6 Å². The lowest BCUT2D eigenvalue weighted by atomic mass is 9.91. The van der Waals surface area contributed by atoms with E-state index in [1.54, 1.807) is 18.9 Å². The highest BCUT2D eigenvalue weighted by Crippen LogP contribution is 2.38. The number of unbranched alkanes of at least 4 members (excludes halogenated alkanes) is 2. The van der Waals surface area contributed by atoms with E-state index in [9.17, 15) is 14.4 Å². The third-order valence-corrected chi connectivity index (χ3v) is 7.94. The first-order chi connectivity index (χ1) is 20.8. The van der Waals surface area contributed by atoms with Crippen molar-refractivity contribution in [3.8, 4) is 11.5 Å². The number of carbonyl (C=O) groups is 3. The summed E-state index contributed by atoms with van der Waals surface area (Å²) in [6.45, 7) is 14.0. The SMILES string of the molecule is C=CNC(=O)[C@H](C)N(C[C@@H]1CCc2c(c(CCCCC[C@H](C)COC(N)=O)nc3ccc(OC)cc23)O1)C(=O)CC(C)(C)C. The first kappa shape index (κ1) is 34.7. The van der Waals surface area contributed by atoms with Crippen LogP contribution < -0.4 is 20.5 Å². The van der Waals surface area contributed by atoms with Crippen molar-refractivity contribution in [2.24, 2.45) is 17.1 Å². The van der Waals surface area contributed by atoms with Crippen LogP contribution in [0.5, 0.6) is 11.5 Å². The number of carbonyl (C=O) groups excluding carboxylic acids is 3. The number of aromatic nitrogens is 1. The quantitative estimate of drug-likeness (QED) is 0.248. The maximum Gasteiger partial charge on any atom is 0.404 e. The summed E-state index contributed by atoms with van der Waals surface area (Å²) < 4.78 is 17.1. The molecule has 0 saturated heterocycles. The summed E-state index contributed by atoms with van der Waals surface area (Å²) in [5, 5.41) is 3.63. The summed E-state index contributed by atoms with van der Waals surface area (Å²) >= 11 is 0. The Kier molecular flexibility index (Phi) is 12.4. The predicted octanol–water partition coefficient (Wildman–Crippen LogP) is 5.68. The average molecular weight is 611 g/mol. The molecule has 1 aliphatic rings. The van der Waals surface area contributed by atoms with Gasteiger partial charge in [0.1, 0.15) is 23.6 Å². The Morgan fingerprint density at radius 3 is 2.64 bits per heavy atom. The smallest absolute Gasteiger partial charge is 0.404 e. The Labute approximate surface area is 261 Å². The summed E-state index contributed by atoms with van der Waals surface area (Å²) in [4.78, 5) is 43.8. The fourth-order valence-electron chi connectivity index (χ4n) is 5.57. The van der Waals surface area contributed by atoms with Gasteiger partial charge in [0.15, 0.2) is 0 Å². The van der Waals surface area contributed by atoms with E-state index in [0.717, 1.165) is 72.2 Å². The first-order valence-corrected chi connectivity index (χ1v) is 15.6. The van der Waals surface area contributed by atoms with Gasteiger partial charge in [-0.15, -0.1) is 0 Å². The monoisotopic (exact) mass is 610 g/mol. The molecule has 3 amide bonds. The summed E-state index contributed by atoms with van der Waals surface area (Å²) in [5.74, 6) is 1.40. The number of primary amides is 1. The van der Waals surface area contributed by atoms with Crippen LogP contribution in [0.2, 0.25) is 0 Å². The van der Waals surface area contributed by atoms with Gasteiger partial charge in [-0.2, -0.15) is 0 Å². The minimum Gasteiger partial charge on any atom is -0.497 e. The van der Waals surface area contributed by atoms with Crippen LogP contribution in [0.25, 0.3) is 10.9 Å². The molecule has 1 aromatic heterocycles. The van der Waals surface area contributed by atoms with Crippen molar-refractivity contribution in [3.05, 3.63) is 42.2 Å². The Balaban J connectivity index is 1.82. The number of hydrogen-bond donors (Lipinski definition) is 2. The Hall–Kier alpha value is -3.82. The fourth-order valence-corrected chi connectivity index (χ4v) is 5.57. The van der Waals surface area contributed by atoms with E-state index in [2.05, 4.69) is 11.9 Å². The number of pyridine rings is 1. The highest BCUT2D eigenvalue weighted by molar-refractivity contribution is 5.88. The molecule has 242 valence electrons. The van der Waals surface area contributed by atoms with Crippen molar-refractivity contribution in [1.82, 2.24) is 15.2 Å². The Morgan fingerprint density at radius 2 is 1.98 bits per heavy atom. The summed E-state index contributed by atoms with van der Waals surface area (Å²) in [5.41, 5.74) is 7.75. The topological polar surface area (TPSA) is 133 Å². The molecule has 0 bridgehead atoms. The molecule has 0 spiro atoms. The molecule has 44 heavy (non-hydrogen) atoms. The Morgan fingerprint density at radius 1 is 1.23 bits per heavy atom. The molecular formula is C34H50N4O6. The fraction of sp³-hybridized carbons (Fsp3) is 0.588. The standard InChI is InChI=1S/C34H50N4O6/c1-8-36-32(40)23(3)38(30(39)19-34(4,5)6)20-25-14-16-26-27-18-24(42-7)15-17-28(27)37-29(31(26)44-25)13-11-9-10-12-22(2)21-43-33(35)41/h8,15,17-18,22-23,25H,1,9-14,16,19-21H2,2-7H3,(H2,35,41)(H,36,40)/t22-,23-,25-/m0/s1. The molecule has 3 N–H and O–H groups in total. The van der Waals surface area contributed by atoms with Crippen LogP contribution in [-0.2, 0) is 27.2 Å². The van der Waals surface area contributed by atoms with Gasteiger partial charge in [-0.25, -0.2) is 9.78 Å². The molecule has 2 aromatic rings. The predicted molar refractivity (Wildman–Crippen MR) is 171 cm³/mol. The van der Waals surface area contributed by atoms with Crippen molar-refractivity contribution in [2.75, 3.05) is 20.3 Å². The zero-order chi connectivity index (χ0) is 32.4. The molecule has 10 heteroatoms. The van der Waals surface area contributed by atoms with Gasteiger partial charge >= 0.3 is 6.09 Å². The van der Waals surface area contributed by atoms with Crippen molar-refractivity contribution >= 4 is 28.8 Å². The number of methoxy groups -OCH3 is 1. The van der Waals surface area contributed by atoms with Gasteiger partial charge in [0.2, 0.25) is 11.8 Å². The van der Waals surface area contributed by atoms with Crippen LogP contribution in [0.4, 0.5) is 4.79 Å². The second kappa shape index (κ2) is 15.8. The highest BCUT2D eigenvalue weighted by atomic mass is 16.5. The van der Waals surface area contributed by atoms with Crippen LogP contribution >= 0.6 is 0 Å². The maximum atomic E-state index is 13.5. The molecule has 1 aromatic carbocycles. The summed E-state index contributed by atoms with van der Waals surface area (Å²) in [7, 11) is 1.65. The lowest BCUT2D eigenvalue weighted by Gasteiger charge is -2.36. The van der Waals surface area contributed by atoms with Gasteiger partial charge in [-0.3, -0.25) is 9.59 Å². The number of nitrogens with two attached hydrogens (primary N) is 1. The van der Waals surface area contributed by atoms with E-state index < -0.39 is 12.1 Å². The number of amides is 3. The van der Waals surface area contributed by atoms with Gasteiger partial charge in [-0.1, -0.05) is 47.1 Å². The molecule has 2 heterocycles. The largest absolute Gasteiger partial charge is 0.497 e. The molecule has 0 radical (unpaired) electrons. The summed E-state index contributed by atoms with van der Waals surface area (Å²) in [6.07, 6.45) is 6.66. The number of nitrogens with zero attached hydrogens (tertiary/aromatic N) is 2. The maximum absolute atomic E-state index is 13.5. The van der Waals surface area contributed by atoms with Crippen LogP contribution in [0.1, 0.15) is 84.4 Å². The number of aryl methyl sites for hydroxylation is 2. The molecule has 0 saturated carbocycles. The molecule has 0 aliphatic carbocycles. The molecule has 0 unspecified atom stereocenters. The van der Waals surface area contributed by atoms with Crippen LogP contribution in [-0.4, -0.2) is 60.2 Å². The molecule has 1 aliphatic heterocycles. The first-order valence-electron chi connectivity index (χ1n) is 15.6. The van der Waals surface area contributed by atoms with Crippen LogP contribution in [0, 0.1) is 11.3 Å². The number of benzene rings is 1. The minimum absolute atomic E-state index is 0.0873. The number of ether oxygens (including phenoxy) is 3. The van der Waals surface area contributed by atoms with Crippen LogP contribution in [0.3, 0.4) is 0 Å². The number of nitrogens with one attached hydrogen (secondary N) is 1. The third-order valence-electron chi connectivity index (χ3n) is 7.94. The van der Waals surface area contributed by atoms with Crippen LogP contribution in [0.15, 0.2) is 31.0 Å². The van der Waals surface area contributed by atoms with E-state index in [0.29, 0.717) is 26.0 Å². The van der Waals surface area contributed by atoms with Gasteiger partial charge in [-0.05, 0) is 74.8 Å². The second-order valence-corrected chi connectivity index (χ2v) is 13.0. The number of rotatable bonds is 15. The average Bonchev–Trinajstić information content (AvgIpc) is 2.97. The van der Waals surface area contributed by atoms with Crippen molar-refractivity contribution in [2.45, 2.75) is 98.1 Å². The van der Waals surface area contributed by atoms with Gasteiger partial charge in [0.25, 0.3) is 0 Å². The molecule has 3 atom stereocenters. The molecule has 10 nitrogen and oxygen atoms in total. The second-order valence-electron chi connectivity index (χ2n) is 13.0. The van der Waals surface area contributed by atoms with E-state index in [1.807, 2.05) is 45.9 Å². The van der Waals surface area contributed by atoms with E-state index in [-0.39, 0.29) is 29.3 Å². The van der Waals surface area contributed by atoms with E-state index in [4.69, 9.17) is 24.9 Å².